The lowest BCUT2D eigenvalue weighted by molar-refractivity contribution is -0.142. The van der Waals surface area contributed by atoms with E-state index in [0.717, 1.165) is 11.8 Å². The van der Waals surface area contributed by atoms with E-state index in [1.807, 2.05) is 18.2 Å². The molecule has 0 unspecified atom stereocenters. The molecule has 0 aromatic heterocycles. The Morgan fingerprint density at radius 2 is 1.93 bits per heavy atom. The number of fused-ring (bicyclic) bond motifs is 1. The van der Waals surface area contributed by atoms with Crippen molar-refractivity contribution in [3.8, 4) is 5.75 Å². The Labute approximate surface area is 178 Å². The van der Waals surface area contributed by atoms with E-state index in [4.69, 9.17) is 21.1 Å². The van der Waals surface area contributed by atoms with Gasteiger partial charge in [0, 0.05) is 13.1 Å². The molecule has 2 aliphatic heterocycles. The van der Waals surface area contributed by atoms with Crippen LogP contribution in [0.15, 0.2) is 42.5 Å². The number of carbonyl (C=O) groups is 2. The van der Waals surface area contributed by atoms with Gasteiger partial charge >= 0.3 is 0 Å². The van der Waals surface area contributed by atoms with Crippen molar-refractivity contribution in [3.63, 3.8) is 0 Å². The highest BCUT2D eigenvalue weighted by molar-refractivity contribution is 6.33. The van der Waals surface area contributed by atoms with Crippen LogP contribution in [0.5, 0.6) is 5.75 Å². The molecule has 0 spiro atoms. The maximum atomic E-state index is 13.2. The summed E-state index contributed by atoms with van der Waals surface area (Å²) < 4.78 is 24.5. The van der Waals surface area contributed by atoms with Gasteiger partial charge < -0.3 is 24.6 Å². The number of amides is 2. The quantitative estimate of drug-likeness (QED) is 0.802. The van der Waals surface area contributed by atoms with E-state index in [-0.39, 0.29) is 29.9 Å². The third kappa shape index (κ3) is 4.49. The van der Waals surface area contributed by atoms with Crippen molar-refractivity contribution in [1.82, 2.24) is 4.90 Å². The van der Waals surface area contributed by atoms with Crippen molar-refractivity contribution >= 4 is 34.8 Å². The monoisotopic (exact) mass is 433 g/mol. The van der Waals surface area contributed by atoms with Crippen LogP contribution in [0.1, 0.15) is 0 Å². The van der Waals surface area contributed by atoms with Gasteiger partial charge in [-0.3, -0.25) is 9.59 Å². The maximum Gasteiger partial charge on any atom is 0.265 e. The number of rotatable bonds is 4. The predicted molar refractivity (Wildman–Crippen MR) is 111 cm³/mol. The number of hydrogen-bond acceptors (Lipinski definition) is 5. The Balaban J connectivity index is 1.49. The van der Waals surface area contributed by atoms with Crippen LogP contribution in [0.2, 0.25) is 5.02 Å². The second-order valence-corrected chi connectivity index (χ2v) is 7.47. The summed E-state index contributed by atoms with van der Waals surface area (Å²) in [6, 6.07) is 11.0. The highest BCUT2D eigenvalue weighted by Crippen LogP contribution is 2.33. The van der Waals surface area contributed by atoms with E-state index in [1.165, 1.54) is 12.1 Å². The van der Waals surface area contributed by atoms with E-state index in [9.17, 15) is 14.0 Å². The lowest BCUT2D eigenvalue weighted by atomic mass is 10.1. The average molecular weight is 434 g/mol. The van der Waals surface area contributed by atoms with Gasteiger partial charge in [0.15, 0.2) is 6.10 Å². The van der Waals surface area contributed by atoms with Gasteiger partial charge in [-0.25, -0.2) is 4.39 Å². The zero-order valence-electron chi connectivity index (χ0n) is 16.1. The van der Waals surface area contributed by atoms with Gasteiger partial charge in [0.05, 0.1) is 42.7 Å². The molecule has 2 amide bonds. The van der Waals surface area contributed by atoms with Gasteiger partial charge in [0.25, 0.3) is 5.91 Å². The van der Waals surface area contributed by atoms with E-state index in [1.54, 1.807) is 15.9 Å². The first-order valence-corrected chi connectivity index (χ1v) is 10.0. The molecule has 1 atom stereocenters. The zero-order chi connectivity index (χ0) is 21.1. The fourth-order valence-electron chi connectivity index (χ4n) is 3.53. The molecular weight excluding hydrogens is 413 g/mol. The summed E-state index contributed by atoms with van der Waals surface area (Å²) in [5.41, 5.74) is 1.05. The number of morpholine rings is 1. The number of para-hydroxylation sites is 2. The number of halogens is 2. The van der Waals surface area contributed by atoms with Crippen LogP contribution < -0.4 is 15.0 Å². The molecule has 30 heavy (non-hydrogen) atoms. The average Bonchev–Trinajstić information content (AvgIpc) is 2.75. The second-order valence-electron chi connectivity index (χ2n) is 7.06. The Hall–Kier alpha value is -2.84. The minimum absolute atomic E-state index is 0.0129. The lowest BCUT2D eigenvalue weighted by Crippen LogP contribution is -2.53. The number of anilines is 2. The molecule has 7 nitrogen and oxygen atoms in total. The number of nitrogens with one attached hydrogen (secondary N) is 1. The summed E-state index contributed by atoms with van der Waals surface area (Å²) in [5.74, 6) is -0.398. The Kier molecular flexibility index (Phi) is 6.06. The molecule has 158 valence electrons. The maximum absolute atomic E-state index is 13.2. The fourth-order valence-corrected chi connectivity index (χ4v) is 3.74. The molecule has 2 aromatic carbocycles. The third-order valence-corrected chi connectivity index (χ3v) is 5.31. The van der Waals surface area contributed by atoms with Crippen LogP contribution in [0, 0.1) is 5.82 Å². The molecule has 2 aromatic rings. The molecule has 0 bridgehead atoms. The van der Waals surface area contributed by atoms with Crippen molar-refractivity contribution in [1.29, 1.82) is 0 Å². The number of nitrogens with zero attached hydrogens (tertiary/aromatic N) is 2. The number of carbonyl (C=O) groups excluding carboxylic acids is 2. The molecular formula is C21H21ClFN3O4. The number of ether oxygens (including phenoxy) is 2. The predicted octanol–water partition coefficient (Wildman–Crippen LogP) is 2.54. The van der Waals surface area contributed by atoms with Crippen molar-refractivity contribution in [2.45, 2.75) is 6.10 Å². The standard InChI is InChI=1S/C21H21ClFN3O4/c22-15-11-14(23)5-6-16(15)24-20(27)13-26-12-19(21(28)25-7-9-29-10-8-25)30-18-4-2-1-3-17(18)26/h1-6,11,19H,7-10,12-13H2,(H,24,27)/t19-/m1/s1. The molecule has 2 heterocycles. The second kappa shape index (κ2) is 8.89. The molecule has 0 aliphatic carbocycles. The Morgan fingerprint density at radius 3 is 2.70 bits per heavy atom. The molecule has 0 radical (unpaired) electrons. The van der Waals surface area contributed by atoms with Crippen LogP contribution in [-0.2, 0) is 14.3 Å². The summed E-state index contributed by atoms with van der Waals surface area (Å²) >= 11 is 6.00. The van der Waals surface area contributed by atoms with Crippen LogP contribution in [-0.4, -0.2) is 62.2 Å². The first-order valence-electron chi connectivity index (χ1n) is 9.63. The summed E-state index contributed by atoms with van der Waals surface area (Å²) in [5, 5.41) is 2.81. The number of hydrogen-bond donors (Lipinski definition) is 1. The van der Waals surface area contributed by atoms with Gasteiger partial charge in [-0.05, 0) is 30.3 Å². The molecule has 1 fully saturated rings. The van der Waals surface area contributed by atoms with Crippen molar-refractivity contribution in [2.75, 3.05) is 49.6 Å². The minimum atomic E-state index is -0.722. The largest absolute Gasteiger partial charge is 0.477 e. The van der Waals surface area contributed by atoms with Gasteiger partial charge in [0.1, 0.15) is 11.6 Å². The first kappa shape index (κ1) is 20.4. The SMILES string of the molecule is O=C(CN1C[C@H](C(=O)N2CCOCC2)Oc2ccccc21)Nc1ccc(F)cc1Cl. The lowest BCUT2D eigenvalue weighted by Gasteiger charge is -2.38. The molecule has 4 rings (SSSR count). The van der Waals surface area contributed by atoms with Crippen molar-refractivity contribution in [3.05, 3.63) is 53.3 Å². The Bertz CT molecular complexity index is 952. The molecule has 0 saturated carbocycles. The number of benzene rings is 2. The third-order valence-electron chi connectivity index (χ3n) is 5.00. The van der Waals surface area contributed by atoms with E-state index in [2.05, 4.69) is 5.32 Å². The fraction of sp³-hybridized carbons (Fsp3) is 0.333. The molecule has 1 saturated heterocycles. The van der Waals surface area contributed by atoms with Crippen LogP contribution in [0.3, 0.4) is 0 Å². The van der Waals surface area contributed by atoms with Crippen LogP contribution in [0.25, 0.3) is 0 Å². The van der Waals surface area contributed by atoms with Gasteiger partial charge in [-0.15, -0.1) is 0 Å². The topological polar surface area (TPSA) is 71.1 Å². The highest BCUT2D eigenvalue weighted by Gasteiger charge is 2.34. The minimum Gasteiger partial charge on any atom is -0.477 e. The molecule has 9 heteroatoms. The van der Waals surface area contributed by atoms with Gasteiger partial charge in [0.2, 0.25) is 5.91 Å². The molecule has 1 N–H and O–H groups in total. The van der Waals surface area contributed by atoms with E-state index >= 15 is 0 Å². The summed E-state index contributed by atoms with van der Waals surface area (Å²) in [6.45, 7) is 2.26. The first-order chi connectivity index (χ1) is 14.5. The van der Waals surface area contributed by atoms with Crippen LogP contribution in [0.4, 0.5) is 15.8 Å². The Morgan fingerprint density at radius 1 is 1.17 bits per heavy atom. The normalized spacial score (nSPS) is 18.4. The summed E-state index contributed by atoms with van der Waals surface area (Å²) in [6.07, 6.45) is -0.722. The van der Waals surface area contributed by atoms with Crippen molar-refractivity contribution in [2.24, 2.45) is 0 Å². The smallest absolute Gasteiger partial charge is 0.265 e. The highest BCUT2D eigenvalue weighted by atomic mass is 35.5. The van der Waals surface area contributed by atoms with Gasteiger partial charge in [-0.2, -0.15) is 0 Å². The zero-order valence-corrected chi connectivity index (χ0v) is 16.9. The van der Waals surface area contributed by atoms with E-state index < -0.39 is 11.9 Å². The van der Waals surface area contributed by atoms with Crippen molar-refractivity contribution < 1.29 is 23.5 Å². The molecule has 2 aliphatic rings. The van der Waals surface area contributed by atoms with E-state index in [0.29, 0.717) is 37.7 Å². The summed E-state index contributed by atoms with van der Waals surface area (Å²) in [4.78, 5) is 29.1. The summed E-state index contributed by atoms with van der Waals surface area (Å²) in [7, 11) is 0. The van der Waals surface area contributed by atoms with Crippen LogP contribution >= 0.6 is 11.6 Å². The van der Waals surface area contributed by atoms with Gasteiger partial charge in [-0.1, -0.05) is 23.7 Å².